The molecule has 3 N–H and O–H groups in total. The van der Waals surface area contributed by atoms with Gasteiger partial charge in [0.25, 0.3) is 0 Å². The van der Waals surface area contributed by atoms with E-state index in [9.17, 15) is 22.8 Å². The molecule has 0 spiro atoms. The van der Waals surface area contributed by atoms with Gasteiger partial charge in [0.2, 0.25) is 0 Å². The Morgan fingerprint density at radius 3 is 2.09 bits per heavy atom. The van der Waals surface area contributed by atoms with Crippen molar-refractivity contribution in [1.29, 1.82) is 0 Å². The number of quaternary nitrogens is 1. The third-order valence-electron chi connectivity index (χ3n) is 2.23. The van der Waals surface area contributed by atoms with Crippen LogP contribution in [0.25, 0.3) is 0 Å². The van der Waals surface area contributed by atoms with Crippen LogP contribution >= 0.6 is 12.6 Å². The first-order valence-electron chi connectivity index (χ1n) is 6.06. The van der Waals surface area contributed by atoms with E-state index in [1.165, 1.54) is 0 Å². The Labute approximate surface area is 134 Å². The summed E-state index contributed by atoms with van der Waals surface area (Å²) in [5.74, 6) is -3.43. The Kier molecular flexibility index (Phi) is 8.96. The standard InChI is InChI=1S/C11H13NO3S.C2HF3O2/c12-9(7-16)11(14)15-6-10(13)8-4-2-1-3-5-8;3-2(4,5)1(6)7/h1-5,9,16H,6-7,12H2;(H,6,7). The van der Waals surface area contributed by atoms with Gasteiger partial charge in [-0.25, -0.2) is 4.79 Å². The van der Waals surface area contributed by atoms with E-state index in [4.69, 9.17) is 14.6 Å². The van der Waals surface area contributed by atoms with Gasteiger partial charge in [-0.15, -0.1) is 0 Å². The Balaban J connectivity index is 0.000000585. The highest BCUT2D eigenvalue weighted by molar-refractivity contribution is 7.80. The summed E-state index contributed by atoms with van der Waals surface area (Å²) < 4.78 is 36.4. The number of hydrogen-bond acceptors (Lipinski definition) is 6. The average Bonchev–Trinajstić information content (AvgIpc) is 2.51. The molecule has 1 unspecified atom stereocenters. The maximum absolute atomic E-state index is 11.5. The Morgan fingerprint density at radius 1 is 1.22 bits per heavy atom. The number of Topliss-reactive ketones (excluding diaryl/α,β-unsaturated/α-hetero) is 1. The van der Waals surface area contributed by atoms with Crippen molar-refractivity contribution in [2.24, 2.45) is 0 Å². The van der Waals surface area contributed by atoms with Crippen LogP contribution in [0.15, 0.2) is 30.3 Å². The number of carbonyl (C=O) groups excluding carboxylic acids is 3. The van der Waals surface area contributed by atoms with Gasteiger partial charge < -0.3 is 20.4 Å². The van der Waals surface area contributed by atoms with Crippen LogP contribution < -0.4 is 10.8 Å². The number of carboxylic acids is 1. The number of benzene rings is 1. The second kappa shape index (κ2) is 9.85. The lowest BCUT2D eigenvalue weighted by Gasteiger charge is -2.06. The molecule has 0 amide bonds. The maximum Gasteiger partial charge on any atom is 0.430 e. The molecule has 0 saturated carbocycles. The molecule has 0 aliphatic heterocycles. The highest BCUT2D eigenvalue weighted by Gasteiger charge is 2.28. The van der Waals surface area contributed by atoms with Gasteiger partial charge in [0.05, 0.1) is 5.75 Å². The van der Waals surface area contributed by atoms with Gasteiger partial charge in [-0.1, -0.05) is 30.3 Å². The summed E-state index contributed by atoms with van der Waals surface area (Å²) in [4.78, 5) is 31.6. The molecule has 6 nitrogen and oxygen atoms in total. The smallest absolute Gasteiger partial charge is 0.430 e. The zero-order chi connectivity index (χ0) is 18.0. The van der Waals surface area contributed by atoms with E-state index in [-0.39, 0.29) is 12.4 Å². The SMILES string of the molecule is O=C([O-])C(F)(F)F.[NH3+]C(CS)C(=O)OCC(=O)c1ccccc1. The van der Waals surface area contributed by atoms with Crippen molar-refractivity contribution in [3.8, 4) is 0 Å². The number of rotatable bonds is 5. The molecule has 10 heteroatoms. The zero-order valence-corrected chi connectivity index (χ0v) is 12.6. The lowest BCUT2D eigenvalue weighted by atomic mass is 10.1. The van der Waals surface area contributed by atoms with Crippen LogP contribution in [0, 0.1) is 0 Å². The molecule has 0 radical (unpaired) electrons. The van der Waals surface area contributed by atoms with Crippen molar-refractivity contribution in [1.82, 2.24) is 0 Å². The van der Waals surface area contributed by atoms with Gasteiger partial charge >= 0.3 is 12.1 Å². The number of carboxylic acid groups (broad SMARTS) is 1. The largest absolute Gasteiger partial charge is 0.542 e. The summed E-state index contributed by atoms with van der Waals surface area (Å²) in [6.45, 7) is -0.247. The van der Waals surface area contributed by atoms with E-state index in [2.05, 4.69) is 18.4 Å². The van der Waals surface area contributed by atoms with Crippen molar-refractivity contribution in [3.05, 3.63) is 35.9 Å². The number of aliphatic carboxylic acids is 1. The van der Waals surface area contributed by atoms with E-state index in [0.717, 1.165) is 0 Å². The molecule has 1 atom stereocenters. The fraction of sp³-hybridized carbons (Fsp3) is 0.308. The molecule has 1 aromatic carbocycles. The van der Waals surface area contributed by atoms with E-state index in [1.807, 2.05) is 6.07 Å². The lowest BCUT2D eigenvalue weighted by molar-refractivity contribution is -0.400. The first-order valence-corrected chi connectivity index (χ1v) is 6.69. The number of ether oxygens (including phenoxy) is 1. The summed E-state index contributed by atoms with van der Waals surface area (Å²) in [5, 5.41) is 8.78. The van der Waals surface area contributed by atoms with E-state index in [1.54, 1.807) is 24.3 Å². The van der Waals surface area contributed by atoms with Crippen LogP contribution in [0.1, 0.15) is 10.4 Å². The van der Waals surface area contributed by atoms with Gasteiger partial charge in [-0.05, 0) is 0 Å². The first kappa shape index (κ1) is 20.9. The molecule has 0 aliphatic carbocycles. The minimum absolute atomic E-state index is 0.222. The highest BCUT2D eigenvalue weighted by atomic mass is 32.1. The minimum Gasteiger partial charge on any atom is -0.542 e. The molecule has 128 valence electrons. The second-order valence-electron chi connectivity index (χ2n) is 4.06. The number of thiol groups is 1. The number of ketones is 1. The fourth-order valence-corrected chi connectivity index (χ4v) is 1.19. The normalized spacial score (nSPS) is 11.7. The van der Waals surface area contributed by atoms with Crippen LogP contribution in [0.3, 0.4) is 0 Å². The third-order valence-corrected chi connectivity index (χ3v) is 2.67. The van der Waals surface area contributed by atoms with Crippen molar-refractivity contribution < 1.29 is 43.1 Å². The van der Waals surface area contributed by atoms with Gasteiger partial charge in [0, 0.05) is 5.56 Å². The molecule has 0 aromatic heterocycles. The van der Waals surface area contributed by atoms with E-state index in [0.29, 0.717) is 11.3 Å². The molecule has 1 rings (SSSR count). The summed E-state index contributed by atoms with van der Waals surface area (Å²) >= 11 is 3.92. The molecule has 0 bridgehead atoms. The number of hydrogen-bond donors (Lipinski definition) is 2. The molecular weight excluding hydrogens is 339 g/mol. The summed E-state index contributed by atoms with van der Waals surface area (Å²) in [7, 11) is 0. The molecule has 0 aliphatic rings. The van der Waals surface area contributed by atoms with Gasteiger partial charge in [0.15, 0.2) is 18.4 Å². The van der Waals surface area contributed by atoms with Crippen LogP contribution in [0.2, 0.25) is 0 Å². The monoisotopic (exact) mass is 353 g/mol. The van der Waals surface area contributed by atoms with Crippen LogP contribution in [-0.2, 0) is 14.3 Å². The molecule has 23 heavy (non-hydrogen) atoms. The average molecular weight is 353 g/mol. The molecule has 1 aromatic rings. The molecule has 0 heterocycles. The predicted molar refractivity (Wildman–Crippen MR) is 73.3 cm³/mol. The van der Waals surface area contributed by atoms with E-state index >= 15 is 0 Å². The van der Waals surface area contributed by atoms with Gasteiger partial charge in [0.1, 0.15) is 5.97 Å². The summed E-state index contributed by atoms with van der Waals surface area (Å²) in [6.07, 6.45) is -5.19. The van der Waals surface area contributed by atoms with Crippen LogP contribution in [-0.4, -0.2) is 42.3 Å². The Morgan fingerprint density at radius 2 is 1.70 bits per heavy atom. The van der Waals surface area contributed by atoms with Crippen molar-refractivity contribution in [3.63, 3.8) is 0 Å². The Bertz CT molecular complexity index is 536. The predicted octanol–water partition coefficient (Wildman–Crippen LogP) is -0.749. The number of carbonyl (C=O) groups is 3. The summed E-state index contributed by atoms with van der Waals surface area (Å²) in [5.41, 5.74) is 4.07. The Hall–Kier alpha value is -2.07. The van der Waals surface area contributed by atoms with Crippen LogP contribution in [0.5, 0.6) is 0 Å². The van der Waals surface area contributed by atoms with Crippen LogP contribution in [0.4, 0.5) is 13.2 Å². The lowest BCUT2D eigenvalue weighted by Crippen LogP contribution is -2.66. The number of alkyl halides is 3. The van der Waals surface area contributed by atoms with Crippen molar-refractivity contribution in [2.75, 3.05) is 12.4 Å². The fourth-order valence-electron chi connectivity index (χ4n) is 1.04. The van der Waals surface area contributed by atoms with Crippen molar-refractivity contribution in [2.45, 2.75) is 12.2 Å². The van der Waals surface area contributed by atoms with E-state index < -0.39 is 24.2 Å². The van der Waals surface area contributed by atoms with Crippen molar-refractivity contribution >= 4 is 30.4 Å². The number of halogens is 3. The number of esters is 1. The molecule has 0 saturated heterocycles. The topological polar surface area (TPSA) is 111 Å². The maximum atomic E-state index is 11.5. The minimum atomic E-state index is -5.19. The van der Waals surface area contributed by atoms with Gasteiger partial charge in [-0.2, -0.15) is 25.8 Å². The highest BCUT2D eigenvalue weighted by Crippen LogP contribution is 2.11. The second-order valence-corrected chi connectivity index (χ2v) is 4.43. The third kappa shape index (κ3) is 8.83. The van der Waals surface area contributed by atoms with Gasteiger partial charge in [-0.3, -0.25) is 4.79 Å². The quantitative estimate of drug-likeness (QED) is 0.411. The first-order chi connectivity index (χ1) is 10.6. The molecule has 0 fully saturated rings. The molecular formula is C13H14F3NO5S. The summed E-state index contributed by atoms with van der Waals surface area (Å²) in [6, 6.07) is 8.15. The zero-order valence-electron chi connectivity index (χ0n) is 11.7.